The highest BCUT2D eigenvalue weighted by atomic mass is 35.5. The SMILES string of the molecule is C[C@@H](C1CC1)n1nccc1NC(=O)COc1ccc(Cl)cc1. The van der Waals surface area contributed by atoms with Gasteiger partial charge in [-0.05, 0) is 49.9 Å². The van der Waals surface area contributed by atoms with E-state index in [-0.39, 0.29) is 12.5 Å². The van der Waals surface area contributed by atoms with Gasteiger partial charge in [-0.1, -0.05) is 11.6 Å². The van der Waals surface area contributed by atoms with Crippen molar-refractivity contribution in [2.24, 2.45) is 5.92 Å². The molecule has 5 nitrogen and oxygen atoms in total. The van der Waals surface area contributed by atoms with Crippen LogP contribution in [0.4, 0.5) is 5.82 Å². The number of hydrogen-bond acceptors (Lipinski definition) is 3. The lowest BCUT2D eigenvalue weighted by Crippen LogP contribution is -2.23. The molecule has 1 aromatic carbocycles. The Hall–Kier alpha value is -2.01. The summed E-state index contributed by atoms with van der Waals surface area (Å²) in [5, 5.41) is 7.79. The average Bonchev–Trinajstić information content (AvgIpc) is 3.26. The van der Waals surface area contributed by atoms with E-state index >= 15 is 0 Å². The van der Waals surface area contributed by atoms with Crippen molar-refractivity contribution in [2.75, 3.05) is 11.9 Å². The minimum atomic E-state index is -0.209. The van der Waals surface area contributed by atoms with Gasteiger partial charge in [-0.2, -0.15) is 5.10 Å². The van der Waals surface area contributed by atoms with E-state index in [0.29, 0.717) is 28.5 Å². The van der Waals surface area contributed by atoms with Gasteiger partial charge in [-0.15, -0.1) is 0 Å². The van der Waals surface area contributed by atoms with E-state index in [4.69, 9.17) is 16.3 Å². The molecule has 116 valence electrons. The van der Waals surface area contributed by atoms with Crippen molar-refractivity contribution in [2.45, 2.75) is 25.8 Å². The summed E-state index contributed by atoms with van der Waals surface area (Å²) in [6.07, 6.45) is 4.16. The number of hydrogen-bond donors (Lipinski definition) is 1. The van der Waals surface area contributed by atoms with Crippen molar-refractivity contribution < 1.29 is 9.53 Å². The minimum absolute atomic E-state index is 0.0510. The number of nitrogens with one attached hydrogen (secondary N) is 1. The van der Waals surface area contributed by atoms with Crippen LogP contribution in [0.1, 0.15) is 25.8 Å². The Balaban J connectivity index is 1.55. The maximum Gasteiger partial charge on any atom is 0.263 e. The predicted molar refractivity (Wildman–Crippen MR) is 85.2 cm³/mol. The third-order valence-electron chi connectivity index (χ3n) is 3.81. The molecular formula is C16H18ClN3O2. The molecule has 1 atom stereocenters. The Bertz CT molecular complexity index is 650. The molecule has 0 unspecified atom stereocenters. The Morgan fingerprint density at radius 1 is 1.41 bits per heavy atom. The van der Waals surface area contributed by atoms with Gasteiger partial charge in [-0.3, -0.25) is 4.79 Å². The molecule has 1 aliphatic rings. The maximum absolute atomic E-state index is 12.0. The van der Waals surface area contributed by atoms with Crippen LogP contribution < -0.4 is 10.1 Å². The minimum Gasteiger partial charge on any atom is -0.484 e. The fourth-order valence-corrected chi connectivity index (χ4v) is 2.50. The Kier molecular flexibility index (Phi) is 4.34. The van der Waals surface area contributed by atoms with E-state index in [1.54, 1.807) is 36.5 Å². The quantitative estimate of drug-likeness (QED) is 0.886. The number of benzene rings is 1. The zero-order chi connectivity index (χ0) is 15.5. The summed E-state index contributed by atoms with van der Waals surface area (Å²) >= 11 is 5.80. The van der Waals surface area contributed by atoms with Crippen molar-refractivity contribution in [1.29, 1.82) is 0 Å². The summed E-state index contributed by atoms with van der Waals surface area (Å²) in [7, 11) is 0. The fraction of sp³-hybridized carbons (Fsp3) is 0.375. The van der Waals surface area contributed by atoms with Crippen LogP contribution in [0.25, 0.3) is 0 Å². The molecule has 1 fully saturated rings. The van der Waals surface area contributed by atoms with Gasteiger partial charge in [-0.25, -0.2) is 4.68 Å². The van der Waals surface area contributed by atoms with Crippen LogP contribution in [0, 0.1) is 5.92 Å². The summed E-state index contributed by atoms with van der Waals surface area (Å²) in [6.45, 7) is 2.08. The molecule has 0 saturated heterocycles. The summed E-state index contributed by atoms with van der Waals surface area (Å²) < 4.78 is 7.30. The lowest BCUT2D eigenvalue weighted by atomic mass is 10.2. The van der Waals surface area contributed by atoms with Crippen molar-refractivity contribution in [1.82, 2.24) is 9.78 Å². The molecule has 0 spiro atoms. The van der Waals surface area contributed by atoms with E-state index in [1.807, 2.05) is 4.68 Å². The van der Waals surface area contributed by atoms with E-state index in [9.17, 15) is 4.79 Å². The van der Waals surface area contributed by atoms with Gasteiger partial charge in [0.25, 0.3) is 5.91 Å². The van der Waals surface area contributed by atoms with Crippen LogP contribution in [0.15, 0.2) is 36.5 Å². The lowest BCUT2D eigenvalue weighted by molar-refractivity contribution is -0.118. The first kappa shape index (κ1) is 14.9. The topological polar surface area (TPSA) is 56.2 Å². The molecule has 1 heterocycles. The first-order valence-electron chi connectivity index (χ1n) is 7.35. The second-order valence-corrected chi connectivity index (χ2v) is 5.97. The Morgan fingerprint density at radius 3 is 2.82 bits per heavy atom. The Labute approximate surface area is 134 Å². The highest BCUT2D eigenvalue weighted by Crippen LogP contribution is 2.40. The van der Waals surface area contributed by atoms with Crippen molar-refractivity contribution in [3.05, 3.63) is 41.6 Å². The number of ether oxygens (including phenoxy) is 1. The third kappa shape index (κ3) is 3.60. The predicted octanol–water partition coefficient (Wildman–Crippen LogP) is 3.53. The van der Waals surface area contributed by atoms with Gasteiger partial charge in [0.05, 0.1) is 12.2 Å². The number of amides is 1. The third-order valence-corrected chi connectivity index (χ3v) is 4.06. The zero-order valence-electron chi connectivity index (χ0n) is 12.3. The number of anilines is 1. The Morgan fingerprint density at radius 2 is 2.14 bits per heavy atom. The molecule has 3 rings (SSSR count). The second-order valence-electron chi connectivity index (χ2n) is 5.53. The summed E-state index contributed by atoms with van der Waals surface area (Å²) in [6, 6.07) is 9.02. The number of nitrogens with zero attached hydrogens (tertiary/aromatic N) is 2. The van der Waals surface area contributed by atoms with Crippen molar-refractivity contribution in [3.63, 3.8) is 0 Å². The molecule has 0 aliphatic heterocycles. The second kappa shape index (κ2) is 6.40. The van der Waals surface area contributed by atoms with E-state index in [0.717, 1.165) is 0 Å². The van der Waals surface area contributed by atoms with E-state index in [1.165, 1.54) is 12.8 Å². The van der Waals surface area contributed by atoms with Gasteiger partial charge >= 0.3 is 0 Å². The molecule has 1 aliphatic carbocycles. The van der Waals surface area contributed by atoms with Crippen LogP contribution in [-0.4, -0.2) is 22.3 Å². The van der Waals surface area contributed by atoms with Crippen LogP contribution >= 0.6 is 11.6 Å². The van der Waals surface area contributed by atoms with Crippen LogP contribution in [0.3, 0.4) is 0 Å². The number of aromatic nitrogens is 2. The first-order chi connectivity index (χ1) is 10.6. The molecule has 22 heavy (non-hydrogen) atoms. The van der Waals surface area contributed by atoms with Crippen LogP contribution in [-0.2, 0) is 4.79 Å². The van der Waals surface area contributed by atoms with Gasteiger partial charge in [0.2, 0.25) is 0 Å². The fourth-order valence-electron chi connectivity index (χ4n) is 2.37. The highest BCUT2D eigenvalue weighted by Gasteiger charge is 2.30. The molecule has 0 radical (unpaired) electrons. The number of carbonyl (C=O) groups excluding carboxylic acids is 1. The molecule has 1 N–H and O–H groups in total. The van der Waals surface area contributed by atoms with E-state index < -0.39 is 0 Å². The molecule has 2 aromatic rings. The van der Waals surface area contributed by atoms with Gasteiger partial charge in [0.1, 0.15) is 11.6 Å². The van der Waals surface area contributed by atoms with Crippen LogP contribution in [0.2, 0.25) is 5.02 Å². The molecule has 0 bridgehead atoms. The molecule has 1 saturated carbocycles. The monoisotopic (exact) mass is 319 g/mol. The van der Waals surface area contributed by atoms with Gasteiger partial charge < -0.3 is 10.1 Å². The standard InChI is InChI=1S/C16H18ClN3O2/c1-11(12-2-3-12)20-15(8-9-18-20)19-16(21)10-22-14-6-4-13(17)5-7-14/h4-9,11-12H,2-3,10H2,1H3,(H,19,21)/t11-/m0/s1. The van der Waals surface area contributed by atoms with Gasteiger partial charge in [0.15, 0.2) is 6.61 Å². The number of carbonyl (C=O) groups is 1. The molecule has 6 heteroatoms. The largest absolute Gasteiger partial charge is 0.484 e. The van der Waals surface area contributed by atoms with Gasteiger partial charge in [0, 0.05) is 11.1 Å². The lowest BCUT2D eigenvalue weighted by Gasteiger charge is -2.15. The number of rotatable bonds is 6. The summed E-state index contributed by atoms with van der Waals surface area (Å²) in [5.74, 6) is 1.78. The molecular weight excluding hydrogens is 302 g/mol. The van der Waals surface area contributed by atoms with Crippen molar-refractivity contribution >= 4 is 23.3 Å². The van der Waals surface area contributed by atoms with Crippen molar-refractivity contribution in [3.8, 4) is 5.75 Å². The maximum atomic E-state index is 12.0. The highest BCUT2D eigenvalue weighted by molar-refractivity contribution is 6.30. The number of halogens is 1. The summed E-state index contributed by atoms with van der Waals surface area (Å²) in [4.78, 5) is 12.0. The molecule has 1 amide bonds. The normalized spacial score (nSPS) is 15.4. The summed E-state index contributed by atoms with van der Waals surface area (Å²) in [5.41, 5.74) is 0. The smallest absolute Gasteiger partial charge is 0.263 e. The first-order valence-corrected chi connectivity index (χ1v) is 7.73. The van der Waals surface area contributed by atoms with Crippen LogP contribution in [0.5, 0.6) is 5.75 Å². The zero-order valence-corrected chi connectivity index (χ0v) is 13.1. The average molecular weight is 320 g/mol. The van der Waals surface area contributed by atoms with E-state index in [2.05, 4.69) is 17.3 Å². The molecule has 1 aromatic heterocycles.